The van der Waals surface area contributed by atoms with Crippen LogP contribution in [0.3, 0.4) is 0 Å². The van der Waals surface area contributed by atoms with E-state index in [0.717, 1.165) is 6.92 Å². The van der Waals surface area contributed by atoms with Gasteiger partial charge < -0.3 is 0 Å². The first-order chi connectivity index (χ1) is 5.56. The van der Waals surface area contributed by atoms with Crippen molar-refractivity contribution in [2.75, 3.05) is 0 Å². The summed E-state index contributed by atoms with van der Waals surface area (Å²) in [5.74, 6) is -5.54. The molecular weight excluding hydrogens is 225 g/mol. The molecule has 0 saturated heterocycles. The normalized spacial score (nSPS) is 14.8. The van der Waals surface area contributed by atoms with Crippen molar-refractivity contribution in [2.45, 2.75) is 24.3 Å². The van der Waals surface area contributed by atoms with Gasteiger partial charge >= 0.3 is 17.4 Å². The molecule has 0 rings (SSSR count). The highest BCUT2D eigenvalue weighted by molar-refractivity contribution is 8.02. The van der Waals surface area contributed by atoms with Gasteiger partial charge in [0.25, 0.3) is 0 Å². The Labute approximate surface area is 73.5 Å². The molecule has 0 unspecified atom stereocenters. The second-order valence-corrected chi connectivity index (χ2v) is 3.16. The number of thioether (sulfide) groups is 1. The van der Waals surface area contributed by atoms with Crippen molar-refractivity contribution in [3.63, 3.8) is 0 Å². The molecule has 0 aromatic rings. The maximum absolute atomic E-state index is 12.2. The summed E-state index contributed by atoms with van der Waals surface area (Å²) in [7, 11) is 0. The summed E-state index contributed by atoms with van der Waals surface area (Å²) in [6.45, 7) is 0.936. The average molecular weight is 229 g/mol. The number of alkyl halides is 7. The van der Waals surface area contributed by atoms with Crippen molar-refractivity contribution in [2.24, 2.45) is 0 Å². The topological polar surface area (TPSA) is 0 Å². The maximum atomic E-state index is 12.2. The predicted octanol–water partition coefficient (Wildman–Crippen LogP) is 3.69. The van der Waals surface area contributed by atoms with Crippen LogP contribution < -0.4 is 0 Å². The zero-order chi connectivity index (χ0) is 10.9. The van der Waals surface area contributed by atoms with Crippen LogP contribution in [0.4, 0.5) is 30.7 Å². The average Bonchev–Trinajstić information content (AvgIpc) is 1.84. The van der Waals surface area contributed by atoms with E-state index in [4.69, 9.17) is 0 Å². The van der Waals surface area contributed by atoms with Crippen LogP contribution in [0.1, 0.15) is 6.92 Å². The zero-order valence-electron chi connectivity index (χ0n) is 6.13. The first-order valence-electron chi connectivity index (χ1n) is 2.84. The highest BCUT2D eigenvalue weighted by Crippen LogP contribution is 2.52. The summed E-state index contributed by atoms with van der Waals surface area (Å²) in [4.78, 5) is 0. The molecule has 0 bridgehead atoms. The monoisotopic (exact) mass is 229 g/mol. The summed E-state index contributed by atoms with van der Waals surface area (Å²) in [5, 5.41) is -5.17. The Morgan fingerprint density at radius 2 is 1.31 bits per heavy atom. The molecule has 0 saturated carbocycles. The summed E-state index contributed by atoms with van der Waals surface area (Å²) >= 11 is -0.861. The minimum atomic E-state index is -6.24. The fraction of sp³-hybridized carbons (Fsp3) is 0.800. The van der Waals surface area contributed by atoms with Gasteiger partial charge in [-0.15, -0.1) is 0 Å². The molecule has 0 amide bonds. The first-order valence-corrected chi connectivity index (χ1v) is 3.72. The van der Waals surface area contributed by atoms with Gasteiger partial charge in [0.15, 0.2) is 0 Å². The van der Waals surface area contributed by atoms with Gasteiger partial charge in [-0.25, -0.2) is 0 Å². The van der Waals surface area contributed by atoms with Gasteiger partial charge in [0.2, 0.25) is 0 Å². The molecule has 0 aromatic heterocycles. The number of hydrogen-bond donors (Lipinski definition) is 0. The van der Waals surface area contributed by atoms with Gasteiger partial charge in [-0.1, -0.05) is 18.7 Å². The van der Waals surface area contributed by atoms with Crippen LogP contribution >= 0.6 is 11.8 Å². The van der Waals surface area contributed by atoms with E-state index in [1.54, 1.807) is 0 Å². The molecule has 0 aromatic carbocycles. The molecule has 0 N–H and O–H groups in total. The van der Waals surface area contributed by atoms with E-state index in [2.05, 4.69) is 0 Å². The Balaban J connectivity index is 4.81. The lowest BCUT2D eigenvalue weighted by atomic mass is 10.3. The van der Waals surface area contributed by atoms with Crippen molar-refractivity contribution in [1.82, 2.24) is 0 Å². The van der Waals surface area contributed by atoms with Crippen LogP contribution in [0.25, 0.3) is 0 Å². The van der Waals surface area contributed by atoms with Crippen molar-refractivity contribution >= 4 is 11.8 Å². The third-order valence-electron chi connectivity index (χ3n) is 0.987. The van der Waals surface area contributed by atoms with Gasteiger partial charge in [-0.2, -0.15) is 30.7 Å². The van der Waals surface area contributed by atoms with Gasteiger partial charge in [0.05, 0.1) is 0 Å². The second kappa shape index (κ2) is 3.55. The molecule has 79 valence electrons. The van der Waals surface area contributed by atoms with Gasteiger partial charge in [0, 0.05) is 5.75 Å². The standard InChI is InChI=1S/C5H4F7S/c1-2-13-5(11,12)3(6,7)4(8,9)10/h2H,1H3. The third-order valence-corrected chi connectivity index (χ3v) is 1.78. The quantitative estimate of drug-likeness (QED) is 0.665. The maximum Gasteiger partial charge on any atom is 0.460 e. The number of rotatable bonds is 3. The Kier molecular flexibility index (Phi) is 3.51. The van der Waals surface area contributed by atoms with Crippen LogP contribution in [0.5, 0.6) is 0 Å². The molecule has 0 aliphatic heterocycles. The molecule has 0 aliphatic carbocycles. The SMILES string of the molecule is C[CH]SC(F)(F)C(F)(F)C(F)(F)F. The van der Waals surface area contributed by atoms with Crippen molar-refractivity contribution in [3.8, 4) is 0 Å². The Morgan fingerprint density at radius 3 is 1.54 bits per heavy atom. The molecular formula is C5H4F7S. The van der Waals surface area contributed by atoms with Crippen LogP contribution in [-0.2, 0) is 0 Å². The molecule has 0 nitrogen and oxygen atoms in total. The molecule has 0 heterocycles. The van der Waals surface area contributed by atoms with Crippen molar-refractivity contribution < 1.29 is 30.7 Å². The Hall–Kier alpha value is -0.140. The summed E-state index contributed by atoms with van der Waals surface area (Å²) in [5.41, 5.74) is 0. The number of halogens is 7. The van der Waals surface area contributed by atoms with E-state index in [0.29, 0.717) is 5.75 Å². The fourth-order valence-electron chi connectivity index (χ4n) is 0.387. The molecule has 1 radical (unpaired) electrons. The molecule has 0 fully saturated rings. The summed E-state index contributed by atoms with van der Waals surface area (Å²) in [6, 6.07) is 0. The highest BCUT2D eigenvalue weighted by atomic mass is 32.2. The number of hydrogen-bond acceptors (Lipinski definition) is 1. The molecule has 0 atom stereocenters. The summed E-state index contributed by atoms with van der Waals surface area (Å²) < 4.78 is 82.5. The predicted molar refractivity (Wildman–Crippen MR) is 33.5 cm³/mol. The van der Waals surface area contributed by atoms with Crippen molar-refractivity contribution in [3.05, 3.63) is 5.75 Å². The second-order valence-electron chi connectivity index (χ2n) is 1.94. The molecule has 8 heteroatoms. The van der Waals surface area contributed by atoms with E-state index >= 15 is 0 Å². The lowest BCUT2D eigenvalue weighted by Gasteiger charge is -2.26. The lowest BCUT2D eigenvalue weighted by Crippen LogP contribution is -2.49. The Bertz CT molecular complexity index is 172. The van der Waals surface area contributed by atoms with Gasteiger partial charge in [0.1, 0.15) is 0 Å². The van der Waals surface area contributed by atoms with E-state index in [-0.39, 0.29) is 0 Å². The smallest absolute Gasteiger partial charge is 0.188 e. The zero-order valence-corrected chi connectivity index (χ0v) is 6.95. The van der Waals surface area contributed by atoms with Gasteiger partial charge in [-0.3, -0.25) is 0 Å². The van der Waals surface area contributed by atoms with Crippen LogP contribution in [0.15, 0.2) is 0 Å². The van der Waals surface area contributed by atoms with Crippen LogP contribution in [0, 0.1) is 5.75 Å². The van der Waals surface area contributed by atoms with E-state index in [1.807, 2.05) is 0 Å². The minimum Gasteiger partial charge on any atom is -0.188 e. The summed E-state index contributed by atoms with van der Waals surface area (Å²) in [6.07, 6.45) is -6.24. The van der Waals surface area contributed by atoms with Crippen molar-refractivity contribution in [1.29, 1.82) is 0 Å². The largest absolute Gasteiger partial charge is 0.460 e. The van der Waals surface area contributed by atoms with Crippen LogP contribution in [-0.4, -0.2) is 17.4 Å². The van der Waals surface area contributed by atoms with Crippen LogP contribution in [0.2, 0.25) is 0 Å². The fourth-order valence-corrected chi connectivity index (χ4v) is 0.947. The van der Waals surface area contributed by atoms with E-state index in [9.17, 15) is 30.7 Å². The molecule has 0 aliphatic rings. The molecule has 0 spiro atoms. The van der Waals surface area contributed by atoms with Gasteiger partial charge in [-0.05, 0) is 0 Å². The lowest BCUT2D eigenvalue weighted by molar-refractivity contribution is -0.330. The minimum absolute atomic E-state index is 0.472. The van der Waals surface area contributed by atoms with E-state index in [1.165, 1.54) is 0 Å². The first kappa shape index (κ1) is 12.9. The third kappa shape index (κ3) is 2.41. The Morgan fingerprint density at radius 1 is 0.923 bits per heavy atom. The van der Waals surface area contributed by atoms with E-state index < -0.39 is 29.1 Å². The highest BCUT2D eigenvalue weighted by Gasteiger charge is 2.73. The molecule has 13 heavy (non-hydrogen) atoms.